The molecule has 0 unspecified atom stereocenters. The molecule has 0 aromatic carbocycles. The van der Waals surface area contributed by atoms with Crippen molar-refractivity contribution in [2.45, 2.75) is 0 Å². The molecular weight excluding hydrogens is 176 g/mol. The Labute approximate surface area is 55.8 Å². The summed E-state index contributed by atoms with van der Waals surface area (Å²) >= 11 is 3.09. The Morgan fingerprint density at radius 2 is 2.50 bits per heavy atom. The molecule has 0 atom stereocenters. The molecule has 0 saturated carbocycles. The first-order valence-corrected chi connectivity index (χ1v) is 3.19. The zero-order valence-corrected chi connectivity index (χ0v) is 6.09. The Hall–Kier alpha value is -0.320. The molecule has 0 aliphatic heterocycles. The number of rotatable bonds is 3. The van der Waals surface area contributed by atoms with Crippen LogP contribution in [-0.4, -0.2) is 23.8 Å². The number of hydrogen-bond acceptors (Lipinski definition) is 3. The first kappa shape index (κ1) is 7.68. The lowest BCUT2D eigenvalue weighted by Crippen LogP contribution is -1.94. The van der Waals surface area contributed by atoms with Crippen molar-refractivity contribution in [1.29, 1.82) is 0 Å². The van der Waals surface area contributed by atoms with Crippen LogP contribution in [0.25, 0.3) is 0 Å². The lowest BCUT2D eigenvalue weighted by atomic mass is 10.9. The zero-order valence-electron chi connectivity index (χ0n) is 4.50. The summed E-state index contributed by atoms with van der Waals surface area (Å²) in [5.74, 6) is 0. The molecule has 48 valence electrons. The summed E-state index contributed by atoms with van der Waals surface area (Å²) in [6, 6.07) is 0. The average molecular weight is 183 g/mol. The van der Waals surface area contributed by atoms with Crippen molar-refractivity contribution in [2.24, 2.45) is 5.28 Å². The van der Waals surface area contributed by atoms with Crippen LogP contribution in [0, 0.1) is 5.21 Å². The Morgan fingerprint density at radius 1 is 1.88 bits per heavy atom. The second kappa shape index (κ2) is 4.83. The van der Waals surface area contributed by atoms with Gasteiger partial charge in [-0.1, -0.05) is 20.8 Å². The highest BCUT2D eigenvalue weighted by atomic mass is 79.9. The SMILES string of the molecule is C/[N+]([O-])=N/OCCBr. The van der Waals surface area contributed by atoms with E-state index in [4.69, 9.17) is 0 Å². The quantitative estimate of drug-likeness (QED) is 0.214. The summed E-state index contributed by atoms with van der Waals surface area (Å²) in [4.78, 5) is 4.80. The fraction of sp³-hybridized carbons (Fsp3) is 1.00. The van der Waals surface area contributed by atoms with Crippen molar-refractivity contribution in [3.63, 3.8) is 0 Å². The maximum Gasteiger partial charge on any atom is 0.199 e. The van der Waals surface area contributed by atoms with Crippen molar-refractivity contribution in [2.75, 3.05) is 19.0 Å². The smallest absolute Gasteiger partial charge is 0.199 e. The van der Waals surface area contributed by atoms with Crippen LogP contribution < -0.4 is 0 Å². The van der Waals surface area contributed by atoms with E-state index in [1.54, 1.807) is 0 Å². The molecule has 0 bridgehead atoms. The van der Waals surface area contributed by atoms with E-state index in [0.717, 1.165) is 0 Å². The minimum Gasteiger partial charge on any atom is -0.598 e. The normalized spacial score (nSPS) is 11.5. The molecule has 0 N–H and O–H groups in total. The summed E-state index contributed by atoms with van der Waals surface area (Å²) in [6.45, 7) is 0.423. The molecule has 8 heavy (non-hydrogen) atoms. The zero-order chi connectivity index (χ0) is 6.41. The third-order valence-electron chi connectivity index (χ3n) is 0.341. The van der Waals surface area contributed by atoms with Crippen molar-refractivity contribution in [1.82, 2.24) is 0 Å². The second-order valence-corrected chi connectivity index (χ2v) is 1.86. The van der Waals surface area contributed by atoms with Gasteiger partial charge in [0.05, 0.1) is 0 Å². The van der Waals surface area contributed by atoms with E-state index >= 15 is 0 Å². The third kappa shape index (κ3) is 5.68. The highest BCUT2D eigenvalue weighted by Gasteiger charge is 1.81. The number of halogens is 1. The van der Waals surface area contributed by atoms with Gasteiger partial charge in [0.2, 0.25) is 0 Å². The van der Waals surface area contributed by atoms with E-state index in [1.165, 1.54) is 7.05 Å². The minimum atomic E-state index is 0.364. The Bertz CT molecular complexity index is 81.4. The van der Waals surface area contributed by atoms with Crippen LogP contribution in [0.5, 0.6) is 0 Å². The lowest BCUT2D eigenvalue weighted by Gasteiger charge is -1.90. The number of hydrogen-bond donors (Lipinski definition) is 0. The van der Waals surface area contributed by atoms with Crippen molar-refractivity contribution in [3.8, 4) is 0 Å². The molecule has 0 fully saturated rings. The first-order chi connectivity index (χ1) is 3.77. The van der Waals surface area contributed by atoms with Gasteiger partial charge in [0.15, 0.2) is 12.3 Å². The Kier molecular flexibility index (Phi) is 4.64. The van der Waals surface area contributed by atoms with Crippen LogP contribution in [0.1, 0.15) is 0 Å². The van der Waals surface area contributed by atoms with E-state index in [0.29, 0.717) is 16.8 Å². The topological polar surface area (TPSA) is 47.7 Å². The van der Waals surface area contributed by atoms with Crippen LogP contribution in [0.3, 0.4) is 0 Å². The van der Waals surface area contributed by atoms with Gasteiger partial charge in [-0.15, -0.1) is 0 Å². The summed E-state index contributed by atoms with van der Waals surface area (Å²) in [7, 11) is 1.26. The van der Waals surface area contributed by atoms with Crippen LogP contribution in [0.2, 0.25) is 0 Å². The predicted octanol–water partition coefficient (Wildman–Crippen LogP) is 0.905. The van der Waals surface area contributed by atoms with Gasteiger partial charge < -0.3 is 10.0 Å². The van der Waals surface area contributed by atoms with Crippen LogP contribution in [0.15, 0.2) is 5.28 Å². The molecule has 0 heterocycles. The van der Waals surface area contributed by atoms with E-state index in [-0.39, 0.29) is 0 Å². The summed E-state index contributed by atoms with van der Waals surface area (Å²) in [5.41, 5.74) is 0. The Balaban J connectivity index is 3.03. The molecule has 0 rings (SSSR count). The van der Waals surface area contributed by atoms with Crippen molar-refractivity contribution in [3.05, 3.63) is 5.21 Å². The van der Waals surface area contributed by atoms with Crippen LogP contribution in [0.4, 0.5) is 0 Å². The third-order valence-corrected chi connectivity index (χ3v) is 0.665. The monoisotopic (exact) mass is 182 g/mol. The summed E-state index contributed by atoms with van der Waals surface area (Å²) in [5, 5.41) is 13.7. The predicted molar refractivity (Wildman–Crippen MR) is 31.7 cm³/mol. The van der Waals surface area contributed by atoms with Gasteiger partial charge in [0, 0.05) is 5.33 Å². The molecular formula is C3H7BrN2O2. The highest BCUT2D eigenvalue weighted by molar-refractivity contribution is 9.09. The standard InChI is InChI=1S/C3H7BrN2O2/c1-6(7)5-8-3-2-4/h2-3H2,1H3/b6-5-. The molecule has 4 nitrogen and oxygen atoms in total. The van der Waals surface area contributed by atoms with Gasteiger partial charge in [-0.3, -0.25) is 0 Å². The molecule has 0 amide bonds. The van der Waals surface area contributed by atoms with Crippen molar-refractivity contribution >= 4 is 15.9 Å². The molecule has 5 heteroatoms. The van der Waals surface area contributed by atoms with Gasteiger partial charge in [-0.25, -0.2) is 0 Å². The second-order valence-electron chi connectivity index (χ2n) is 1.07. The maximum absolute atomic E-state index is 9.93. The molecule has 0 aliphatic carbocycles. The molecule has 0 radical (unpaired) electrons. The highest BCUT2D eigenvalue weighted by Crippen LogP contribution is 1.81. The molecule has 0 saturated heterocycles. The van der Waals surface area contributed by atoms with Crippen molar-refractivity contribution < 1.29 is 9.70 Å². The average Bonchev–Trinajstić information content (AvgIpc) is 1.66. The van der Waals surface area contributed by atoms with Gasteiger partial charge in [0.25, 0.3) is 0 Å². The van der Waals surface area contributed by atoms with Gasteiger partial charge in [0.1, 0.15) is 6.61 Å². The molecule has 0 spiro atoms. The molecule has 0 aromatic rings. The van der Waals surface area contributed by atoms with E-state index in [9.17, 15) is 5.21 Å². The number of hydroxylamine groups is 1. The molecule has 0 aromatic heterocycles. The van der Waals surface area contributed by atoms with E-state index < -0.39 is 0 Å². The largest absolute Gasteiger partial charge is 0.598 e. The molecule has 0 aliphatic rings. The van der Waals surface area contributed by atoms with E-state index in [1.807, 2.05) is 0 Å². The minimum absolute atomic E-state index is 0.364. The lowest BCUT2D eigenvalue weighted by molar-refractivity contribution is -0.530. The maximum atomic E-state index is 9.93. The number of nitrogens with zero attached hydrogens (tertiary/aromatic N) is 2. The van der Waals surface area contributed by atoms with E-state index in [2.05, 4.69) is 26.0 Å². The van der Waals surface area contributed by atoms with Gasteiger partial charge in [-0.2, -0.15) is 0 Å². The first-order valence-electron chi connectivity index (χ1n) is 2.07. The number of alkyl halides is 1. The van der Waals surface area contributed by atoms with Crippen LogP contribution in [-0.2, 0) is 4.84 Å². The fourth-order valence-electron chi connectivity index (χ4n) is 0.157. The van der Waals surface area contributed by atoms with Crippen LogP contribution >= 0.6 is 15.9 Å². The fourth-order valence-corrected chi connectivity index (χ4v) is 0.301. The Morgan fingerprint density at radius 3 is 2.88 bits per heavy atom. The van der Waals surface area contributed by atoms with Gasteiger partial charge in [-0.05, 0) is 0 Å². The summed E-state index contributed by atoms with van der Waals surface area (Å²) in [6.07, 6.45) is 0. The van der Waals surface area contributed by atoms with Gasteiger partial charge >= 0.3 is 0 Å². The summed E-state index contributed by atoms with van der Waals surface area (Å²) < 4.78 is 0.